The lowest BCUT2D eigenvalue weighted by atomic mass is 9.91. The molecule has 60 heavy (non-hydrogen) atoms. The van der Waals surface area contributed by atoms with E-state index in [2.05, 4.69) is 49.8 Å². The summed E-state index contributed by atoms with van der Waals surface area (Å²) < 4.78 is 22.7. The molecule has 14 nitrogen and oxygen atoms in total. The monoisotopic (exact) mass is 847 g/mol. The van der Waals surface area contributed by atoms with E-state index in [4.69, 9.17) is 18.6 Å². The van der Waals surface area contributed by atoms with Crippen LogP contribution in [0.2, 0.25) is 18.1 Å². The highest BCUT2D eigenvalue weighted by Gasteiger charge is 2.47. The molecule has 3 amide bonds. The average Bonchev–Trinajstić information content (AvgIpc) is 3.52. The zero-order chi connectivity index (χ0) is 44.1. The second kappa shape index (κ2) is 19.4. The number of methoxy groups -OCH3 is 1. The predicted octanol–water partition coefficient (Wildman–Crippen LogP) is 5.17. The molecule has 7 atom stereocenters. The number of carbonyl (C=O) groups excluding carboxylic acids is 4. The van der Waals surface area contributed by atoms with Gasteiger partial charge in [-0.1, -0.05) is 89.2 Å². The number of esters is 1. The number of hydrogen-bond donors (Lipinski definition) is 6. The Labute approximate surface area is 353 Å². The Morgan fingerprint density at radius 2 is 1.43 bits per heavy atom. The number of nitrogens with one attached hydrogen (secondary N) is 3. The molecule has 15 heteroatoms. The van der Waals surface area contributed by atoms with Gasteiger partial charge >= 0.3 is 12.1 Å². The van der Waals surface area contributed by atoms with Crippen LogP contribution in [-0.4, -0.2) is 104 Å². The molecular formula is C45H61N3O11Si. The van der Waals surface area contributed by atoms with Crippen molar-refractivity contribution in [3.63, 3.8) is 0 Å². The van der Waals surface area contributed by atoms with E-state index in [9.17, 15) is 34.5 Å². The van der Waals surface area contributed by atoms with Gasteiger partial charge in [0.2, 0.25) is 11.8 Å². The first-order valence-corrected chi connectivity index (χ1v) is 23.4. The van der Waals surface area contributed by atoms with Crippen molar-refractivity contribution >= 4 is 37.9 Å². The van der Waals surface area contributed by atoms with Gasteiger partial charge in [-0.25, -0.2) is 9.59 Å². The van der Waals surface area contributed by atoms with Crippen LogP contribution in [0.3, 0.4) is 0 Å². The van der Waals surface area contributed by atoms with Crippen LogP contribution in [0.5, 0.6) is 0 Å². The fourth-order valence-corrected chi connectivity index (χ4v) is 8.22. The molecule has 5 rings (SSSR count). The number of aliphatic hydroxyl groups excluding tert-OH is 3. The van der Waals surface area contributed by atoms with E-state index in [1.165, 1.54) is 0 Å². The number of aryl methyl sites for hydroxylation is 1. The summed E-state index contributed by atoms with van der Waals surface area (Å²) >= 11 is 0. The van der Waals surface area contributed by atoms with Crippen LogP contribution < -0.4 is 16.0 Å². The first kappa shape index (κ1) is 46.4. The summed E-state index contributed by atoms with van der Waals surface area (Å²) in [5.41, 5.74) is 6.34. The van der Waals surface area contributed by atoms with Crippen LogP contribution in [0.1, 0.15) is 76.1 Å². The molecule has 0 bridgehead atoms. The fourth-order valence-electron chi connectivity index (χ4n) is 7.27. The molecule has 0 unspecified atom stereocenters. The Hall–Kier alpha value is -4.64. The maximum absolute atomic E-state index is 13.5. The highest BCUT2D eigenvalue weighted by atomic mass is 28.4. The minimum absolute atomic E-state index is 0.0543. The molecule has 326 valence electrons. The summed E-state index contributed by atoms with van der Waals surface area (Å²) in [6, 6.07) is 19.4. The van der Waals surface area contributed by atoms with E-state index < -0.39 is 74.8 Å². The lowest BCUT2D eigenvalue weighted by molar-refractivity contribution is -0.229. The number of hydrogen-bond acceptors (Lipinski definition) is 11. The van der Waals surface area contributed by atoms with E-state index in [0.29, 0.717) is 5.69 Å². The molecule has 1 aliphatic carbocycles. The van der Waals surface area contributed by atoms with Gasteiger partial charge in [-0.05, 0) is 89.3 Å². The van der Waals surface area contributed by atoms with Crippen molar-refractivity contribution < 1.29 is 53.1 Å². The number of carbonyl (C=O) groups is 4. The molecule has 3 aromatic rings. The molecule has 1 aliphatic heterocycles. The Morgan fingerprint density at radius 1 is 0.817 bits per heavy atom. The first-order valence-electron chi connectivity index (χ1n) is 20.5. The van der Waals surface area contributed by atoms with Crippen LogP contribution in [0, 0.1) is 5.92 Å². The van der Waals surface area contributed by atoms with Crippen molar-refractivity contribution in [2.45, 2.75) is 128 Å². The molecule has 2 aliphatic rings. The zero-order valence-corrected chi connectivity index (χ0v) is 37.0. The van der Waals surface area contributed by atoms with Gasteiger partial charge in [-0.15, -0.1) is 0 Å². The van der Waals surface area contributed by atoms with Gasteiger partial charge in [-0.3, -0.25) is 9.59 Å². The van der Waals surface area contributed by atoms with Crippen molar-refractivity contribution in [2.24, 2.45) is 5.92 Å². The lowest BCUT2D eigenvalue weighted by Crippen LogP contribution is -2.59. The highest BCUT2D eigenvalue weighted by Crippen LogP contribution is 2.44. The minimum Gasteiger partial charge on any atom is -0.467 e. The summed E-state index contributed by atoms with van der Waals surface area (Å²) in [5, 5.41) is 39.9. The van der Waals surface area contributed by atoms with Crippen molar-refractivity contribution in [2.75, 3.05) is 19.0 Å². The summed E-state index contributed by atoms with van der Waals surface area (Å²) in [7, 11) is -1.04. The topological polar surface area (TPSA) is 202 Å². The number of amides is 3. The molecule has 1 fully saturated rings. The molecule has 0 saturated carbocycles. The van der Waals surface area contributed by atoms with E-state index in [0.717, 1.165) is 40.5 Å². The number of anilines is 1. The van der Waals surface area contributed by atoms with Gasteiger partial charge in [0, 0.05) is 11.6 Å². The fraction of sp³-hybridized carbons (Fsp3) is 0.511. The largest absolute Gasteiger partial charge is 0.467 e. The number of benzene rings is 3. The lowest BCUT2D eigenvalue weighted by Gasteiger charge is -2.39. The second-order valence-electron chi connectivity index (χ2n) is 17.6. The number of ether oxygens (including phenoxy) is 3. The van der Waals surface area contributed by atoms with Crippen molar-refractivity contribution in [3.8, 4) is 11.1 Å². The molecule has 1 heterocycles. The Balaban J connectivity index is 1.23. The van der Waals surface area contributed by atoms with Crippen molar-refractivity contribution in [3.05, 3.63) is 89.0 Å². The Morgan fingerprint density at radius 3 is 2.02 bits per heavy atom. The van der Waals surface area contributed by atoms with Gasteiger partial charge in [-0.2, -0.15) is 0 Å². The normalized spacial score (nSPS) is 21.3. The predicted molar refractivity (Wildman–Crippen MR) is 229 cm³/mol. The van der Waals surface area contributed by atoms with Crippen molar-refractivity contribution in [1.29, 1.82) is 0 Å². The van der Waals surface area contributed by atoms with E-state index in [1.54, 1.807) is 32.9 Å². The number of aliphatic hydroxyl groups is 3. The zero-order valence-electron chi connectivity index (χ0n) is 36.0. The Kier molecular flexibility index (Phi) is 15.0. The van der Waals surface area contributed by atoms with Crippen LogP contribution in [-0.2, 0) is 46.0 Å². The molecule has 0 spiro atoms. The molecular weight excluding hydrogens is 787 g/mol. The van der Waals surface area contributed by atoms with Gasteiger partial charge in [0.1, 0.15) is 37.0 Å². The third kappa shape index (κ3) is 10.6. The molecule has 0 aromatic heterocycles. The molecule has 6 N–H and O–H groups in total. The number of rotatable bonds is 15. The van der Waals surface area contributed by atoms with E-state index in [1.807, 2.05) is 54.6 Å². The highest BCUT2D eigenvalue weighted by molar-refractivity contribution is 6.74. The molecule has 0 radical (unpaired) electrons. The van der Waals surface area contributed by atoms with E-state index >= 15 is 0 Å². The van der Waals surface area contributed by atoms with Gasteiger partial charge in [0.25, 0.3) is 0 Å². The standard InChI is InChI=1S/C45H61N3O11Si/c1-25(2)36(48-44(55)57-24-34-32-16-12-10-14-30(32)31-15-11-13-17-33(31)34)42(53)46-26(3)41(52)47-29-20-18-28(23-58-60(8,9)45(4,5)6)27(22-29)19-21-35-37(49)38(50)39(51)40(59-35)43(54)56-7/h10-18,20,22,25-26,34-40,49-51H,19,21,23-24H2,1-9H3,(H,46,53)(H,47,52)(H,48,55)/t26-,35-,36-,37+,38+,39-,40-/m0/s1. The van der Waals surface area contributed by atoms with E-state index in [-0.39, 0.29) is 42.9 Å². The second-order valence-corrected chi connectivity index (χ2v) is 22.4. The quantitative estimate of drug-likeness (QED) is 0.0871. The average molecular weight is 848 g/mol. The van der Waals surface area contributed by atoms with Crippen LogP contribution in [0.25, 0.3) is 11.1 Å². The van der Waals surface area contributed by atoms with Gasteiger partial charge in [0.05, 0.1) is 19.8 Å². The first-order chi connectivity index (χ1) is 28.2. The number of fused-ring (bicyclic) bond motifs is 3. The maximum atomic E-state index is 13.5. The number of alkyl carbamates (subject to hydrolysis) is 1. The summed E-state index contributed by atoms with van der Waals surface area (Å²) in [5.74, 6) is -2.41. The molecule has 1 saturated heterocycles. The van der Waals surface area contributed by atoms with Gasteiger partial charge in [0.15, 0.2) is 14.4 Å². The maximum Gasteiger partial charge on any atom is 0.407 e. The molecule has 3 aromatic carbocycles. The van der Waals surface area contributed by atoms with Crippen LogP contribution in [0.4, 0.5) is 10.5 Å². The van der Waals surface area contributed by atoms with Crippen LogP contribution >= 0.6 is 0 Å². The third-order valence-electron chi connectivity index (χ3n) is 12.0. The third-order valence-corrected chi connectivity index (χ3v) is 16.5. The minimum atomic E-state index is -2.18. The van der Waals surface area contributed by atoms with Crippen LogP contribution in [0.15, 0.2) is 66.7 Å². The Bertz CT molecular complexity index is 1970. The summed E-state index contributed by atoms with van der Waals surface area (Å²) in [6.45, 7) is 16.2. The summed E-state index contributed by atoms with van der Waals surface area (Å²) in [4.78, 5) is 52.4. The summed E-state index contributed by atoms with van der Waals surface area (Å²) in [6.07, 6.45) is -7.61. The van der Waals surface area contributed by atoms with Crippen molar-refractivity contribution in [1.82, 2.24) is 10.6 Å². The SMILES string of the molecule is COC(=O)[C@H]1O[C@@H](CCc2cc(NC(=O)[C@H](C)NC(=O)[C@@H](NC(=O)OCC3c4ccccc4-c4ccccc43)C(C)C)ccc2CO[Si](C)(C)C(C)(C)C)[C@@H](O)[C@@H](O)[C@@H]1O. The smallest absolute Gasteiger partial charge is 0.407 e. The van der Waals surface area contributed by atoms with Gasteiger partial charge < -0.3 is 49.9 Å².